The summed E-state index contributed by atoms with van der Waals surface area (Å²) in [5.74, 6) is 1.83. The Balaban J connectivity index is 1.52. The molecule has 33 heavy (non-hydrogen) atoms. The molecule has 0 fully saturated rings. The van der Waals surface area contributed by atoms with Gasteiger partial charge in [-0.15, -0.1) is 0 Å². The SMILES string of the molecule is COc1cc(NC(=O)CSC2=Nc3ccccc3C3=N[C@H](CC(C)C)C(=O)N23)cc(OC)c1. The van der Waals surface area contributed by atoms with Crippen LogP contribution in [-0.4, -0.2) is 53.7 Å². The van der Waals surface area contributed by atoms with E-state index in [0.29, 0.717) is 40.5 Å². The number of anilines is 1. The predicted octanol–water partition coefficient (Wildman–Crippen LogP) is 4.08. The Morgan fingerprint density at radius 2 is 1.85 bits per heavy atom. The summed E-state index contributed by atoms with van der Waals surface area (Å²) in [7, 11) is 3.10. The van der Waals surface area contributed by atoms with Crippen LogP contribution in [0.3, 0.4) is 0 Å². The van der Waals surface area contributed by atoms with Crippen molar-refractivity contribution in [1.29, 1.82) is 0 Å². The number of nitrogens with zero attached hydrogens (tertiary/aromatic N) is 3. The third kappa shape index (κ3) is 4.88. The second-order valence-corrected chi connectivity index (χ2v) is 9.06. The molecule has 2 aliphatic rings. The van der Waals surface area contributed by atoms with Gasteiger partial charge in [0.15, 0.2) is 5.17 Å². The van der Waals surface area contributed by atoms with Crippen LogP contribution >= 0.6 is 11.8 Å². The number of amides is 2. The largest absolute Gasteiger partial charge is 0.497 e. The molecule has 0 radical (unpaired) electrons. The zero-order valence-corrected chi connectivity index (χ0v) is 19.8. The lowest BCUT2D eigenvalue weighted by atomic mass is 10.0. The van der Waals surface area contributed by atoms with Gasteiger partial charge in [0, 0.05) is 29.4 Å². The molecule has 2 aromatic carbocycles. The molecule has 0 aromatic heterocycles. The molecule has 0 aliphatic carbocycles. The molecule has 2 aromatic rings. The molecule has 0 saturated carbocycles. The minimum Gasteiger partial charge on any atom is -0.497 e. The molecule has 1 N–H and O–H groups in total. The van der Waals surface area contributed by atoms with Crippen molar-refractivity contribution in [2.24, 2.45) is 15.9 Å². The molecule has 0 bridgehead atoms. The van der Waals surface area contributed by atoms with Crippen molar-refractivity contribution in [3.8, 4) is 11.5 Å². The van der Waals surface area contributed by atoms with Gasteiger partial charge in [0.05, 0.1) is 25.7 Å². The first-order valence-electron chi connectivity index (χ1n) is 10.6. The Bertz CT molecular complexity index is 1120. The standard InChI is InChI=1S/C24H26N4O4S/c1-14(2)9-20-23(30)28-22(26-20)18-7-5-6-8-19(18)27-24(28)33-13-21(29)25-15-10-16(31-3)12-17(11-15)32-4/h5-8,10-12,14,20H,9,13H2,1-4H3,(H,25,29)/t20-/m1/s1. The van der Waals surface area contributed by atoms with Gasteiger partial charge in [-0.3, -0.25) is 14.6 Å². The van der Waals surface area contributed by atoms with E-state index in [2.05, 4.69) is 24.2 Å². The Kier molecular flexibility index (Phi) is 6.69. The minimum atomic E-state index is -0.435. The fourth-order valence-electron chi connectivity index (χ4n) is 3.71. The number of methoxy groups -OCH3 is 2. The minimum absolute atomic E-state index is 0.0758. The van der Waals surface area contributed by atoms with Crippen LogP contribution in [0.1, 0.15) is 25.8 Å². The number of nitrogens with one attached hydrogen (secondary N) is 1. The second kappa shape index (κ2) is 9.66. The number of hydrogen-bond donors (Lipinski definition) is 1. The molecule has 2 amide bonds. The van der Waals surface area contributed by atoms with Crippen molar-refractivity contribution >= 4 is 46.0 Å². The zero-order valence-electron chi connectivity index (χ0n) is 19.0. The van der Waals surface area contributed by atoms with Gasteiger partial charge < -0.3 is 14.8 Å². The van der Waals surface area contributed by atoms with Gasteiger partial charge in [-0.2, -0.15) is 0 Å². The van der Waals surface area contributed by atoms with E-state index in [4.69, 9.17) is 14.5 Å². The highest BCUT2D eigenvalue weighted by Crippen LogP contribution is 2.34. The van der Waals surface area contributed by atoms with Gasteiger partial charge in [-0.25, -0.2) is 9.89 Å². The third-order valence-electron chi connectivity index (χ3n) is 5.21. The normalized spacial score (nSPS) is 16.7. The lowest BCUT2D eigenvalue weighted by Crippen LogP contribution is -2.41. The van der Waals surface area contributed by atoms with Gasteiger partial charge in [0.25, 0.3) is 5.91 Å². The van der Waals surface area contributed by atoms with Crippen molar-refractivity contribution in [3.63, 3.8) is 0 Å². The second-order valence-electron chi connectivity index (χ2n) is 8.12. The number of thioether (sulfide) groups is 1. The van der Waals surface area contributed by atoms with Crippen LogP contribution in [0.15, 0.2) is 52.4 Å². The molecule has 9 heteroatoms. The van der Waals surface area contributed by atoms with Crippen LogP contribution in [0.2, 0.25) is 0 Å². The van der Waals surface area contributed by atoms with Crippen molar-refractivity contribution in [3.05, 3.63) is 48.0 Å². The summed E-state index contributed by atoms with van der Waals surface area (Å²) >= 11 is 1.21. The first-order valence-corrected chi connectivity index (χ1v) is 11.6. The fraction of sp³-hybridized carbons (Fsp3) is 0.333. The molecule has 0 saturated heterocycles. The van der Waals surface area contributed by atoms with Crippen molar-refractivity contribution in [1.82, 2.24) is 4.90 Å². The first kappa shape index (κ1) is 22.8. The number of para-hydroxylation sites is 1. The van der Waals surface area contributed by atoms with Gasteiger partial charge in [0.1, 0.15) is 23.4 Å². The number of fused-ring (bicyclic) bond motifs is 3. The number of amidine groups is 2. The number of carbonyl (C=O) groups excluding carboxylic acids is 2. The number of benzene rings is 2. The highest BCUT2D eigenvalue weighted by Gasteiger charge is 2.41. The summed E-state index contributed by atoms with van der Waals surface area (Å²) in [4.78, 5) is 36.8. The molecule has 2 aliphatic heterocycles. The Morgan fingerprint density at radius 1 is 1.15 bits per heavy atom. The molecule has 8 nitrogen and oxygen atoms in total. The number of hydrogen-bond acceptors (Lipinski definition) is 7. The van der Waals surface area contributed by atoms with E-state index in [-0.39, 0.29) is 17.6 Å². The molecule has 172 valence electrons. The number of ether oxygens (including phenoxy) is 2. The van der Waals surface area contributed by atoms with Crippen molar-refractivity contribution in [2.45, 2.75) is 26.3 Å². The van der Waals surface area contributed by atoms with E-state index in [1.165, 1.54) is 11.8 Å². The van der Waals surface area contributed by atoms with Crippen LogP contribution in [0.25, 0.3) is 0 Å². The van der Waals surface area contributed by atoms with Gasteiger partial charge in [0.2, 0.25) is 5.91 Å². The maximum Gasteiger partial charge on any atom is 0.259 e. The van der Waals surface area contributed by atoms with E-state index in [9.17, 15) is 9.59 Å². The summed E-state index contributed by atoms with van der Waals surface area (Å²) in [6.45, 7) is 4.14. The molecule has 0 spiro atoms. The van der Waals surface area contributed by atoms with Crippen LogP contribution < -0.4 is 14.8 Å². The third-order valence-corrected chi connectivity index (χ3v) is 6.15. The van der Waals surface area contributed by atoms with E-state index >= 15 is 0 Å². The summed E-state index contributed by atoms with van der Waals surface area (Å²) in [6.07, 6.45) is 0.664. The summed E-state index contributed by atoms with van der Waals surface area (Å²) in [5, 5.41) is 3.31. The van der Waals surface area contributed by atoms with Crippen LogP contribution in [0.5, 0.6) is 11.5 Å². The Labute approximate surface area is 197 Å². The summed E-state index contributed by atoms with van der Waals surface area (Å²) in [5.41, 5.74) is 2.13. The monoisotopic (exact) mass is 466 g/mol. The smallest absolute Gasteiger partial charge is 0.259 e. The predicted molar refractivity (Wildman–Crippen MR) is 131 cm³/mol. The van der Waals surface area contributed by atoms with Crippen molar-refractivity contribution in [2.75, 3.05) is 25.3 Å². The van der Waals surface area contributed by atoms with Gasteiger partial charge >= 0.3 is 0 Å². The van der Waals surface area contributed by atoms with E-state index in [1.54, 1.807) is 37.3 Å². The van der Waals surface area contributed by atoms with Crippen molar-refractivity contribution < 1.29 is 19.1 Å². The molecule has 2 heterocycles. The lowest BCUT2D eigenvalue weighted by Gasteiger charge is -2.25. The van der Waals surface area contributed by atoms with E-state index < -0.39 is 6.04 Å². The molecular weight excluding hydrogens is 440 g/mol. The first-order chi connectivity index (χ1) is 15.9. The quantitative estimate of drug-likeness (QED) is 0.664. The number of aliphatic imine (C=N–C) groups is 2. The van der Waals surface area contributed by atoms with Gasteiger partial charge in [-0.1, -0.05) is 37.7 Å². The highest BCUT2D eigenvalue weighted by atomic mass is 32.2. The Morgan fingerprint density at radius 3 is 2.52 bits per heavy atom. The lowest BCUT2D eigenvalue weighted by molar-refractivity contribution is -0.125. The van der Waals surface area contributed by atoms with Crippen LogP contribution in [0.4, 0.5) is 11.4 Å². The molecule has 0 unspecified atom stereocenters. The molecular formula is C24H26N4O4S. The average Bonchev–Trinajstić information content (AvgIpc) is 3.13. The van der Waals surface area contributed by atoms with Gasteiger partial charge in [-0.05, 0) is 24.5 Å². The van der Waals surface area contributed by atoms with E-state index in [1.807, 2.05) is 24.3 Å². The number of carbonyl (C=O) groups is 2. The maximum absolute atomic E-state index is 13.2. The molecule has 1 atom stereocenters. The molecule has 4 rings (SSSR count). The maximum atomic E-state index is 13.2. The van der Waals surface area contributed by atoms with Crippen LogP contribution in [0, 0.1) is 5.92 Å². The summed E-state index contributed by atoms with van der Waals surface area (Å²) in [6, 6.07) is 12.3. The topological polar surface area (TPSA) is 92.6 Å². The van der Waals surface area contributed by atoms with E-state index in [0.717, 1.165) is 11.3 Å². The number of rotatable bonds is 7. The highest BCUT2D eigenvalue weighted by molar-refractivity contribution is 8.14. The fourth-order valence-corrected chi connectivity index (χ4v) is 4.51. The zero-order chi connectivity index (χ0) is 23.5. The Hall–Kier alpha value is -3.33. The summed E-state index contributed by atoms with van der Waals surface area (Å²) < 4.78 is 10.5. The average molecular weight is 467 g/mol. The van der Waals surface area contributed by atoms with Crippen LogP contribution in [-0.2, 0) is 9.59 Å².